The molecule has 1 fully saturated rings. The van der Waals surface area contributed by atoms with Crippen molar-refractivity contribution in [1.29, 1.82) is 5.26 Å². The predicted molar refractivity (Wildman–Crippen MR) is 74.3 cm³/mol. The molecule has 0 saturated heterocycles. The number of hydrogen-bond acceptors (Lipinski definition) is 4. The summed E-state index contributed by atoms with van der Waals surface area (Å²) in [6.45, 7) is 3.09. The fourth-order valence-corrected chi connectivity index (χ4v) is 2.01. The van der Waals surface area contributed by atoms with Gasteiger partial charge in [-0.2, -0.15) is 5.26 Å². The number of benzene rings is 1. The minimum absolute atomic E-state index is 0.487. The van der Waals surface area contributed by atoms with Crippen LogP contribution in [-0.4, -0.2) is 30.6 Å². The van der Waals surface area contributed by atoms with E-state index in [1.54, 1.807) is 12.1 Å². The van der Waals surface area contributed by atoms with Gasteiger partial charge in [0, 0.05) is 30.0 Å². The third-order valence-electron chi connectivity index (χ3n) is 3.59. The predicted octanol–water partition coefficient (Wildman–Crippen LogP) is 2.04. The first-order chi connectivity index (χ1) is 8.61. The van der Waals surface area contributed by atoms with E-state index in [9.17, 15) is 0 Å². The molecule has 1 atom stereocenters. The van der Waals surface area contributed by atoms with Crippen LogP contribution < -0.4 is 11.1 Å². The Morgan fingerprint density at radius 2 is 2.28 bits per heavy atom. The molecule has 0 radical (unpaired) electrons. The van der Waals surface area contributed by atoms with E-state index in [4.69, 9.17) is 11.0 Å². The van der Waals surface area contributed by atoms with Crippen molar-refractivity contribution in [1.82, 2.24) is 4.90 Å². The number of likely N-dealkylation sites (N-methyl/N-ethyl adjacent to an activating group) is 1. The maximum Gasteiger partial charge on any atom is 0.101 e. The quantitative estimate of drug-likeness (QED) is 0.778. The zero-order valence-electron chi connectivity index (χ0n) is 11.0. The van der Waals surface area contributed by atoms with Crippen molar-refractivity contribution in [2.75, 3.05) is 24.6 Å². The van der Waals surface area contributed by atoms with E-state index in [0.717, 1.165) is 18.3 Å². The summed E-state index contributed by atoms with van der Waals surface area (Å²) in [5, 5.41) is 12.3. The molecule has 0 heterocycles. The molecule has 1 aliphatic carbocycles. The molecular formula is C14H20N4. The lowest BCUT2D eigenvalue weighted by Gasteiger charge is -2.25. The average Bonchev–Trinajstić information content (AvgIpc) is 3.20. The summed E-state index contributed by atoms with van der Waals surface area (Å²) in [6, 6.07) is 8.85. The molecule has 0 amide bonds. The SMILES string of the molecule is CC(CNc1ccc(N)c(C#N)c1)N(C)C1CC1. The van der Waals surface area contributed by atoms with Crippen molar-refractivity contribution in [3.8, 4) is 6.07 Å². The average molecular weight is 244 g/mol. The highest BCUT2D eigenvalue weighted by Gasteiger charge is 2.28. The molecular weight excluding hydrogens is 224 g/mol. The molecule has 2 rings (SSSR count). The van der Waals surface area contributed by atoms with Gasteiger partial charge < -0.3 is 11.1 Å². The van der Waals surface area contributed by atoms with Crippen molar-refractivity contribution in [2.24, 2.45) is 0 Å². The highest BCUT2D eigenvalue weighted by molar-refractivity contribution is 5.61. The molecule has 0 aromatic heterocycles. The van der Waals surface area contributed by atoms with Crippen molar-refractivity contribution in [2.45, 2.75) is 31.8 Å². The summed E-state index contributed by atoms with van der Waals surface area (Å²) in [5.41, 5.74) is 7.71. The number of nitrogens with one attached hydrogen (secondary N) is 1. The molecule has 0 bridgehead atoms. The van der Waals surface area contributed by atoms with Gasteiger partial charge in [-0.1, -0.05) is 0 Å². The maximum atomic E-state index is 8.92. The highest BCUT2D eigenvalue weighted by atomic mass is 15.2. The number of hydrogen-bond donors (Lipinski definition) is 2. The van der Waals surface area contributed by atoms with Gasteiger partial charge in [0.15, 0.2) is 0 Å². The zero-order chi connectivity index (χ0) is 13.1. The minimum Gasteiger partial charge on any atom is -0.398 e. The molecule has 1 aromatic rings. The van der Waals surface area contributed by atoms with Gasteiger partial charge in [-0.05, 0) is 45.0 Å². The molecule has 0 aliphatic heterocycles. The van der Waals surface area contributed by atoms with Gasteiger partial charge in [-0.15, -0.1) is 0 Å². The second-order valence-electron chi connectivity index (χ2n) is 5.04. The summed E-state index contributed by atoms with van der Waals surface area (Å²) >= 11 is 0. The lowest BCUT2D eigenvalue weighted by Crippen LogP contribution is -2.36. The van der Waals surface area contributed by atoms with E-state index >= 15 is 0 Å². The van der Waals surface area contributed by atoms with Crippen LogP contribution in [0, 0.1) is 11.3 Å². The van der Waals surface area contributed by atoms with Crippen LogP contribution in [0.15, 0.2) is 18.2 Å². The van der Waals surface area contributed by atoms with E-state index in [1.807, 2.05) is 6.07 Å². The lowest BCUT2D eigenvalue weighted by molar-refractivity contribution is 0.257. The van der Waals surface area contributed by atoms with Gasteiger partial charge >= 0.3 is 0 Å². The summed E-state index contributed by atoms with van der Waals surface area (Å²) in [6.07, 6.45) is 2.64. The number of nitrogens with zero attached hydrogens (tertiary/aromatic N) is 2. The molecule has 1 unspecified atom stereocenters. The van der Waals surface area contributed by atoms with E-state index in [2.05, 4.69) is 30.3 Å². The summed E-state index contributed by atoms with van der Waals surface area (Å²) in [4.78, 5) is 2.41. The summed E-state index contributed by atoms with van der Waals surface area (Å²) in [7, 11) is 2.17. The molecule has 3 N–H and O–H groups in total. The largest absolute Gasteiger partial charge is 0.398 e. The molecule has 18 heavy (non-hydrogen) atoms. The van der Waals surface area contributed by atoms with Crippen LogP contribution in [0.4, 0.5) is 11.4 Å². The monoisotopic (exact) mass is 244 g/mol. The summed E-state index contributed by atoms with van der Waals surface area (Å²) in [5.74, 6) is 0. The molecule has 0 spiro atoms. The Hall–Kier alpha value is -1.73. The van der Waals surface area contributed by atoms with Crippen molar-refractivity contribution >= 4 is 11.4 Å². The number of nitrogen functional groups attached to an aromatic ring is 1. The van der Waals surface area contributed by atoms with Crippen molar-refractivity contribution in [3.63, 3.8) is 0 Å². The maximum absolute atomic E-state index is 8.92. The van der Waals surface area contributed by atoms with E-state index in [0.29, 0.717) is 17.3 Å². The fraction of sp³-hybridized carbons (Fsp3) is 0.500. The van der Waals surface area contributed by atoms with Gasteiger partial charge in [0.25, 0.3) is 0 Å². The molecule has 4 nitrogen and oxygen atoms in total. The lowest BCUT2D eigenvalue weighted by atomic mass is 10.1. The van der Waals surface area contributed by atoms with Gasteiger partial charge in [0.2, 0.25) is 0 Å². The number of nitrogens with two attached hydrogens (primary N) is 1. The topological polar surface area (TPSA) is 65.1 Å². The Bertz CT molecular complexity index is 459. The van der Waals surface area contributed by atoms with Gasteiger partial charge in [-0.25, -0.2) is 0 Å². The van der Waals surface area contributed by atoms with Crippen molar-refractivity contribution in [3.05, 3.63) is 23.8 Å². The first kappa shape index (κ1) is 12.7. The molecule has 1 aromatic carbocycles. The molecule has 4 heteroatoms. The van der Waals surface area contributed by atoms with Crippen LogP contribution >= 0.6 is 0 Å². The number of rotatable bonds is 5. The third kappa shape index (κ3) is 2.93. The Morgan fingerprint density at radius 1 is 1.56 bits per heavy atom. The van der Waals surface area contributed by atoms with Gasteiger partial charge in [0.1, 0.15) is 6.07 Å². The van der Waals surface area contributed by atoms with E-state index in [1.165, 1.54) is 12.8 Å². The Balaban J connectivity index is 1.91. The normalized spacial score (nSPS) is 16.3. The first-order valence-electron chi connectivity index (χ1n) is 6.37. The van der Waals surface area contributed by atoms with Crippen LogP contribution in [0.25, 0.3) is 0 Å². The molecule has 1 aliphatic rings. The highest BCUT2D eigenvalue weighted by Crippen LogP contribution is 2.27. The van der Waals surface area contributed by atoms with E-state index < -0.39 is 0 Å². The van der Waals surface area contributed by atoms with Crippen LogP contribution in [-0.2, 0) is 0 Å². The minimum atomic E-state index is 0.487. The number of anilines is 2. The molecule has 1 saturated carbocycles. The first-order valence-corrected chi connectivity index (χ1v) is 6.37. The summed E-state index contributed by atoms with van der Waals surface area (Å²) < 4.78 is 0. The van der Waals surface area contributed by atoms with Gasteiger partial charge in [-0.3, -0.25) is 4.90 Å². The van der Waals surface area contributed by atoms with Crippen LogP contribution in [0.2, 0.25) is 0 Å². The zero-order valence-corrected chi connectivity index (χ0v) is 11.0. The Kier molecular flexibility index (Phi) is 3.73. The standard InChI is InChI=1S/C14H20N4/c1-10(18(2)13-4-5-13)9-17-12-3-6-14(16)11(7-12)8-15/h3,6-7,10,13,17H,4-5,9,16H2,1-2H3. The Morgan fingerprint density at radius 3 is 2.89 bits per heavy atom. The van der Waals surface area contributed by atoms with Gasteiger partial charge in [0.05, 0.1) is 5.56 Å². The van der Waals surface area contributed by atoms with Crippen LogP contribution in [0.1, 0.15) is 25.3 Å². The molecule has 96 valence electrons. The van der Waals surface area contributed by atoms with Crippen LogP contribution in [0.5, 0.6) is 0 Å². The number of nitriles is 1. The van der Waals surface area contributed by atoms with Crippen molar-refractivity contribution < 1.29 is 0 Å². The third-order valence-corrected chi connectivity index (χ3v) is 3.59. The second-order valence-corrected chi connectivity index (χ2v) is 5.04. The second kappa shape index (κ2) is 5.28. The van der Waals surface area contributed by atoms with E-state index in [-0.39, 0.29) is 0 Å². The smallest absolute Gasteiger partial charge is 0.101 e. The Labute approximate surface area is 108 Å². The van der Waals surface area contributed by atoms with Crippen LogP contribution in [0.3, 0.4) is 0 Å². The fourth-order valence-electron chi connectivity index (χ4n) is 2.01.